The summed E-state index contributed by atoms with van der Waals surface area (Å²) in [6.45, 7) is 5.40. The van der Waals surface area contributed by atoms with Crippen LogP contribution in [0.5, 0.6) is 11.5 Å². The van der Waals surface area contributed by atoms with E-state index in [9.17, 15) is 14.6 Å². The number of rotatable bonds is 3. The molecular formula is C16H16BrFN2O3. The van der Waals surface area contributed by atoms with Crippen molar-refractivity contribution in [2.75, 3.05) is 0 Å². The molecule has 0 aliphatic carbocycles. The molecule has 0 bridgehead atoms. The zero-order valence-electron chi connectivity index (χ0n) is 12.8. The van der Waals surface area contributed by atoms with Gasteiger partial charge in [0.15, 0.2) is 0 Å². The maximum Gasteiger partial charge on any atom is 0.143 e. The van der Waals surface area contributed by atoms with Gasteiger partial charge in [0.25, 0.3) is 0 Å². The van der Waals surface area contributed by atoms with Crippen molar-refractivity contribution in [1.82, 2.24) is 4.98 Å². The number of hydrogen-bond donors (Lipinski definition) is 2. The lowest BCUT2D eigenvalue weighted by atomic mass is 10.0. The van der Waals surface area contributed by atoms with E-state index in [0.717, 1.165) is 6.07 Å². The second-order valence-electron chi connectivity index (χ2n) is 5.80. The van der Waals surface area contributed by atoms with E-state index in [-0.39, 0.29) is 32.9 Å². The molecule has 0 amide bonds. The van der Waals surface area contributed by atoms with Crippen LogP contribution in [-0.2, 0) is 4.84 Å². The standard InChI is InChI=1S/C16H16BrFN2O3/c1-16(2,3)23-20-14(15-12(21)5-4-6-19-15)9-7-10(17)11(18)8-13(9)22/h4-8,21-22H,1-3H3. The molecule has 122 valence electrons. The lowest BCUT2D eigenvalue weighted by Gasteiger charge is -2.17. The molecule has 2 aromatic rings. The van der Waals surface area contributed by atoms with Crippen LogP contribution >= 0.6 is 15.9 Å². The van der Waals surface area contributed by atoms with Gasteiger partial charge in [-0.1, -0.05) is 5.16 Å². The summed E-state index contributed by atoms with van der Waals surface area (Å²) in [5.74, 6) is -1.09. The Hall–Kier alpha value is -2.15. The van der Waals surface area contributed by atoms with Crippen LogP contribution in [0.1, 0.15) is 32.0 Å². The van der Waals surface area contributed by atoms with Gasteiger partial charge in [0.2, 0.25) is 0 Å². The number of aromatic hydroxyl groups is 2. The molecule has 0 unspecified atom stereocenters. The molecular weight excluding hydrogens is 367 g/mol. The topological polar surface area (TPSA) is 74.9 Å². The van der Waals surface area contributed by atoms with E-state index < -0.39 is 11.4 Å². The summed E-state index contributed by atoms with van der Waals surface area (Å²) in [4.78, 5) is 9.47. The zero-order valence-corrected chi connectivity index (χ0v) is 14.4. The minimum Gasteiger partial charge on any atom is -0.507 e. The second-order valence-corrected chi connectivity index (χ2v) is 6.65. The van der Waals surface area contributed by atoms with E-state index in [4.69, 9.17) is 4.84 Å². The Labute approximate surface area is 141 Å². The Morgan fingerprint density at radius 1 is 1.26 bits per heavy atom. The summed E-state index contributed by atoms with van der Waals surface area (Å²) in [5, 5.41) is 24.1. The SMILES string of the molecule is CC(C)(C)ON=C(c1cc(Br)c(F)cc1O)c1ncccc1O. The van der Waals surface area contributed by atoms with Crippen molar-refractivity contribution in [2.45, 2.75) is 26.4 Å². The molecule has 0 saturated carbocycles. The number of halogens is 2. The van der Waals surface area contributed by atoms with Crippen LogP contribution < -0.4 is 0 Å². The summed E-state index contributed by atoms with van der Waals surface area (Å²) in [7, 11) is 0. The van der Waals surface area contributed by atoms with Crippen LogP contribution in [0, 0.1) is 5.82 Å². The van der Waals surface area contributed by atoms with Crippen molar-refractivity contribution in [3.05, 3.63) is 52.0 Å². The molecule has 2 rings (SSSR count). The molecule has 7 heteroatoms. The number of phenolic OH excluding ortho intramolecular Hbond substituents is 1. The molecule has 0 fully saturated rings. The third-order valence-corrected chi connectivity index (χ3v) is 3.32. The summed E-state index contributed by atoms with van der Waals surface area (Å²) < 4.78 is 13.7. The minimum absolute atomic E-state index is 0.0937. The van der Waals surface area contributed by atoms with Crippen molar-refractivity contribution in [2.24, 2.45) is 5.16 Å². The molecule has 23 heavy (non-hydrogen) atoms. The Morgan fingerprint density at radius 3 is 2.57 bits per heavy atom. The molecule has 5 nitrogen and oxygen atoms in total. The van der Waals surface area contributed by atoms with Crippen molar-refractivity contribution in [3.8, 4) is 11.5 Å². The molecule has 0 aliphatic rings. The Balaban J connectivity index is 2.64. The number of nitrogens with zero attached hydrogens (tertiary/aromatic N) is 2. The van der Waals surface area contributed by atoms with Crippen LogP contribution in [0.2, 0.25) is 0 Å². The number of pyridine rings is 1. The highest BCUT2D eigenvalue weighted by atomic mass is 79.9. The number of phenols is 1. The van der Waals surface area contributed by atoms with E-state index in [1.165, 1.54) is 18.3 Å². The van der Waals surface area contributed by atoms with E-state index in [2.05, 4.69) is 26.1 Å². The van der Waals surface area contributed by atoms with Crippen molar-refractivity contribution >= 4 is 21.6 Å². The molecule has 0 aliphatic heterocycles. The maximum atomic E-state index is 13.5. The third kappa shape index (κ3) is 4.19. The fraction of sp³-hybridized carbons (Fsp3) is 0.250. The van der Waals surface area contributed by atoms with Crippen molar-refractivity contribution in [1.29, 1.82) is 0 Å². The van der Waals surface area contributed by atoms with Gasteiger partial charge >= 0.3 is 0 Å². The van der Waals surface area contributed by atoms with E-state index >= 15 is 0 Å². The van der Waals surface area contributed by atoms with Gasteiger partial charge in [-0.05, 0) is 54.9 Å². The lowest BCUT2D eigenvalue weighted by molar-refractivity contribution is 0.00108. The molecule has 1 aromatic carbocycles. The Kier molecular flexibility index (Phi) is 4.89. The van der Waals surface area contributed by atoms with Crippen molar-refractivity contribution < 1.29 is 19.4 Å². The van der Waals surface area contributed by atoms with E-state index in [1.807, 2.05) is 0 Å². The predicted molar refractivity (Wildman–Crippen MR) is 88.1 cm³/mol. The second kappa shape index (κ2) is 6.54. The molecule has 0 spiro atoms. The van der Waals surface area contributed by atoms with Gasteiger partial charge in [0.1, 0.15) is 34.3 Å². The Bertz CT molecular complexity index is 757. The molecule has 1 aromatic heterocycles. The first kappa shape index (κ1) is 17.2. The average Bonchev–Trinajstić information content (AvgIpc) is 2.45. The fourth-order valence-corrected chi connectivity index (χ4v) is 2.05. The zero-order chi connectivity index (χ0) is 17.2. The van der Waals surface area contributed by atoms with Gasteiger partial charge in [-0.2, -0.15) is 0 Å². The third-order valence-electron chi connectivity index (χ3n) is 2.72. The molecule has 2 N–H and O–H groups in total. The normalized spacial score (nSPS) is 12.3. The highest BCUT2D eigenvalue weighted by Gasteiger charge is 2.21. The minimum atomic E-state index is -0.618. The van der Waals surface area contributed by atoms with Crippen LogP contribution in [0.3, 0.4) is 0 Å². The monoisotopic (exact) mass is 382 g/mol. The first-order chi connectivity index (χ1) is 10.7. The Morgan fingerprint density at radius 2 is 1.96 bits per heavy atom. The van der Waals surface area contributed by atoms with Crippen molar-refractivity contribution in [3.63, 3.8) is 0 Å². The highest BCUT2D eigenvalue weighted by Crippen LogP contribution is 2.30. The molecule has 1 heterocycles. The van der Waals surface area contributed by atoms with Gasteiger partial charge in [-0.25, -0.2) is 4.39 Å². The van der Waals surface area contributed by atoms with Crippen LogP contribution in [0.4, 0.5) is 4.39 Å². The maximum absolute atomic E-state index is 13.5. The number of aromatic nitrogens is 1. The average molecular weight is 383 g/mol. The van der Waals surface area contributed by atoms with Gasteiger partial charge in [-0.3, -0.25) is 4.98 Å². The summed E-state index contributed by atoms with van der Waals surface area (Å²) >= 11 is 3.07. The highest BCUT2D eigenvalue weighted by molar-refractivity contribution is 9.10. The predicted octanol–water partition coefficient (Wildman–Crippen LogP) is 3.96. The number of oxime groups is 1. The van der Waals surface area contributed by atoms with E-state index in [1.54, 1.807) is 26.8 Å². The number of hydrogen-bond acceptors (Lipinski definition) is 5. The molecule has 0 saturated heterocycles. The van der Waals surface area contributed by atoms with Gasteiger partial charge < -0.3 is 15.1 Å². The van der Waals surface area contributed by atoms with Crippen LogP contribution in [0.25, 0.3) is 0 Å². The van der Waals surface area contributed by atoms with Crippen LogP contribution in [0.15, 0.2) is 40.1 Å². The van der Waals surface area contributed by atoms with Crippen LogP contribution in [-0.4, -0.2) is 26.5 Å². The molecule has 0 atom stereocenters. The first-order valence-corrected chi connectivity index (χ1v) is 7.57. The summed E-state index contributed by atoms with van der Waals surface area (Å²) in [6, 6.07) is 5.29. The van der Waals surface area contributed by atoms with E-state index in [0.29, 0.717) is 0 Å². The first-order valence-electron chi connectivity index (χ1n) is 6.78. The fourth-order valence-electron chi connectivity index (χ4n) is 1.71. The largest absolute Gasteiger partial charge is 0.507 e. The molecule has 0 radical (unpaired) electrons. The van der Waals surface area contributed by atoms with Gasteiger partial charge in [-0.15, -0.1) is 0 Å². The summed E-state index contributed by atoms with van der Waals surface area (Å²) in [5.41, 5.74) is -0.207. The smallest absolute Gasteiger partial charge is 0.143 e. The number of benzene rings is 1. The van der Waals surface area contributed by atoms with Gasteiger partial charge in [0.05, 0.1) is 4.47 Å². The quantitative estimate of drug-likeness (QED) is 0.622. The summed E-state index contributed by atoms with van der Waals surface area (Å²) in [6.07, 6.45) is 1.47. The van der Waals surface area contributed by atoms with Gasteiger partial charge in [0, 0.05) is 17.8 Å². The lowest BCUT2D eigenvalue weighted by Crippen LogP contribution is -2.18.